The van der Waals surface area contributed by atoms with Gasteiger partial charge in [0.25, 0.3) is 0 Å². The number of likely N-dealkylation sites (N-methyl/N-ethyl adjacent to an activating group) is 1. The Labute approximate surface area is 181 Å². The summed E-state index contributed by atoms with van der Waals surface area (Å²) in [7, 11) is 0. The van der Waals surface area contributed by atoms with Crippen molar-refractivity contribution in [2.24, 2.45) is 0 Å². The van der Waals surface area contributed by atoms with Gasteiger partial charge in [0, 0.05) is 22.6 Å². The Balaban J connectivity index is 1.95. The molecule has 5 nitrogen and oxygen atoms in total. The van der Waals surface area contributed by atoms with Crippen molar-refractivity contribution in [3.8, 4) is 0 Å². The van der Waals surface area contributed by atoms with Crippen LogP contribution < -0.4 is 10.6 Å². The third-order valence-corrected chi connectivity index (χ3v) is 5.15. The SMILES string of the molecule is CCN(CC(=O)Nc1c(Cl)cccc1Cl)C(=O)NCc1ccc(Br)cc1Cl. The molecule has 0 fully saturated rings. The van der Waals surface area contributed by atoms with E-state index in [-0.39, 0.29) is 19.1 Å². The van der Waals surface area contributed by atoms with Crippen LogP contribution in [-0.4, -0.2) is 29.9 Å². The van der Waals surface area contributed by atoms with E-state index in [2.05, 4.69) is 26.6 Å². The Morgan fingerprint density at radius 3 is 2.33 bits per heavy atom. The second kappa shape index (κ2) is 10.2. The fourth-order valence-electron chi connectivity index (χ4n) is 2.24. The van der Waals surface area contributed by atoms with Crippen molar-refractivity contribution in [3.05, 3.63) is 61.5 Å². The van der Waals surface area contributed by atoms with Gasteiger partial charge >= 0.3 is 6.03 Å². The van der Waals surface area contributed by atoms with E-state index in [0.29, 0.717) is 27.3 Å². The van der Waals surface area contributed by atoms with E-state index in [1.807, 2.05) is 12.1 Å². The van der Waals surface area contributed by atoms with E-state index in [9.17, 15) is 9.59 Å². The number of nitrogens with zero attached hydrogens (tertiary/aromatic N) is 1. The summed E-state index contributed by atoms with van der Waals surface area (Å²) >= 11 is 21.6. The van der Waals surface area contributed by atoms with E-state index >= 15 is 0 Å². The number of hydrogen-bond acceptors (Lipinski definition) is 2. The third-order valence-electron chi connectivity index (χ3n) is 3.68. The van der Waals surface area contributed by atoms with Crippen LogP contribution in [-0.2, 0) is 11.3 Å². The summed E-state index contributed by atoms with van der Waals surface area (Å²) in [6.07, 6.45) is 0. The molecule has 0 bridgehead atoms. The Bertz CT molecular complexity index is 828. The number of halogens is 4. The lowest BCUT2D eigenvalue weighted by Gasteiger charge is -2.21. The average Bonchev–Trinajstić information content (AvgIpc) is 2.62. The minimum Gasteiger partial charge on any atom is -0.334 e. The number of hydrogen-bond donors (Lipinski definition) is 2. The zero-order valence-corrected chi connectivity index (χ0v) is 18.2. The summed E-state index contributed by atoms with van der Waals surface area (Å²) in [6.45, 7) is 2.24. The van der Waals surface area contributed by atoms with Gasteiger partial charge in [-0.1, -0.05) is 62.9 Å². The molecule has 0 spiro atoms. The van der Waals surface area contributed by atoms with E-state index in [0.717, 1.165) is 10.0 Å². The molecule has 0 aliphatic rings. The molecule has 27 heavy (non-hydrogen) atoms. The molecule has 0 saturated heterocycles. The van der Waals surface area contributed by atoms with Crippen molar-refractivity contribution in [1.29, 1.82) is 0 Å². The van der Waals surface area contributed by atoms with Crippen LogP contribution in [0.1, 0.15) is 12.5 Å². The standard InChI is InChI=1S/C18H17BrCl3N3O2/c1-2-25(10-16(26)24-17-13(20)4-3-5-14(17)21)18(27)23-9-11-6-7-12(19)8-15(11)22/h3-8H,2,9-10H2,1H3,(H,23,27)(H,24,26). The predicted molar refractivity (Wildman–Crippen MR) is 114 cm³/mol. The molecular formula is C18H17BrCl3N3O2. The maximum Gasteiger partial charge on any atom is 0.318 e. The lowest BCUT2D eigenvalue weighted by atomic mass is 10.2. The summed E-state index contributed by atoms with van der Waals surface area (Å²) in [5.74, 6) is -0.399. The van der Waals surface area contributed by atoms with Crippen LogP contribution in [0.5, 0.6) is 0 Å². The number of urea groups is 1. The first-order valence-corrected chi connectivity index (χ1v) is 9.95. The summed E-state index contributed by atoms with van der Waals surface area (Å²) in [6, 6.07) is 9.95. The second-order valence-corrected chi connectivity index (χ2v) is 7.69. The largest absolute Gasteiger partial charge is 0.334 e. The van der Waals surface area contributed by atoms with E-state index < -0.39 is 5.91 Å². The quantitative estimate of drug-likeness (QED) is 0.552. The highest BCUT2D eigenvalue weighted by molar-refractivity contribution is 9.10. The van der Waals surface area contributed by atoms with Crippen LogP contribution in [0, 0.1) is 0 Å². The highest BCUT2D eigenvalue weighted by atomic mass is 79.9. The van der Waals surface area contributed by atoms with E-state index in [4.69, 9.17) is 34.8 Å². The summed E-state index contributed by atoms with van der Waals surface area (Å²) in [5.41, 5.74) is 1.10. The molecule has 0 unspecified atom stereocenters. The minimum atomic E-state index is -0.399. The number of amides is 3. The molecule has 0 radical (unpaired) electrons. The van der Waals surface area contributed by atoms with Gasteiger partial charge in [0.15, 0.2) is 0 Å². The Morgan fingerprint density at radius 2 is 1.74 bits per heavy atom. The topological polar surface area (TPSA) is 61.4 Å². The molecule has 0 aliphatic heterocycles. The number of carbonyl (C=O) groups is 2. The molecule has 0 aliphatic carbocycles. The second-order valence-electron chi connectivity index (χ2n) is 5.55. The van der Waals surface area contributed by atoms with Gasteiger partial charge in [-0.15, -0.1) is 0 Å². The highest BCUT2D eigenvalue weighted by Gasteiger charge is 2.17. The van der Waals surface area contributed by atoms with Gasteiger partial charge in [0.2, 0.25) is 5.91 Å². The Kier molecular flexibility index (Phi) is 8.23. The number of carbonyl (C=O) groups excluding carboxylic acids is 2. The first-order chi connectivity index (χ1) is 12.8. The number of benzene rings is 2. The molecule has 0 saturated carbocycles. The highest BCUT2D eigenvalue weighted by Crippen LogP contribution is 2.29. The van der Waals surface area contributed by atoms with Gasteiger partial charge in [-0.2, -0.15) is 0 Å². The summed E-state index contributed by atoms with van der Waals surface area (Å²) < 4.78 is 0.854. The smallest absolute Gasteiger partial charge is 0.318 e. The lowest BCUT2D eigenvalue weighted by Crippen LogP contribution is -2.43. The fraction of sp³-hybridized carbons (Fsp3) is 0.222. The third kappa shape index (κ3) is 6.28. The first-order valence-electron chi connectivity index (χ1n) is 8.02. The molecule has 0 atom stereocenters. The minimum absolute atomic E-state index is 0.141. The molecule has 2 rings (SSSR count). The van der Waals surface area contributed by atoms with E-state index in [1.54, 1.807) is 31.2 Å². The molecule has 0 aromatic heterocycles. The molecule has 144 valence electrons. The fourth-order valence-corrected chi connectivity index (χ4v) is 3.48. The van der Waals surface area contributed by atoms with Crippen LogP contribution in [0.4, 0.5) is 10.5 Å². The van der Waals surface area contributed by atoms with Crippen LogP contribution in [0.25, 0.3) is 0 Å². The monoisotopic (exact) mass is 491 g/mol. The normalized spacial score (nSPS) is 10.4. The molecule has 2 N–H and O–H groups in total. The Hall–Kier alpha value is -1.47. The predicted octanol–water partition coefficient (Wildman–Crippen LogP) is 5.58. The molecule has 2 aromatic rings. The molecule has 2 aromatic carbocycles. The van der Waals surface area contributed by atoms with Crippen molar-refractivity contribution in [1.82, 2.24) is 10.2 Å². The summed E-state index contributed by atoms with van der Waals surface area (Å²) in [5, 5.41) is 6.59. The van der Waals surface area contributed by atoms with Crippen molar-refractivity contribution in [3.63, 3.8) is 0 Å². The first kappa shape index (κ1) is 21.8. The van der Waals surface area contributed by atoms with Crippen LogP contribution in [0.15, 0.2) is 40.9 Å². The maximum atomic E-state index is 12.4. The van der Waals surface area contributed by atoms with Gasteiger partial charge < -0.3 is 15.5 Å². The van der Waals surface area contributed by atoms with Gasteiger partial charge in [0.05, 0.1) is 15.7 Å². The molecule has 3 amide bonds. The lowest BCUT2D eigenvalue weighted by molar-refractivity contribution is -0.116. The molecule has 0 heterocycles. The van der Waals surface area contributed by atoms with E-state index in [1.165, 1.54) is 4.90 Å². The molecule has 9 heteroatoms. The van der Waals surface area contributed by atoms with Crippen LogP contribution >= 0.6 is 50.7 Å². The number of para-hydroxylation sites is 1. The molecular weight excluding hydrogens is 476 g/mol. The van der Waals surface area contributed by atoms with Gasteiger partial charge in [-0.25, -0.2) is 4.79 Å². The van der Waals surface area contributed by atoms with Crippen molar-refractivity contribution in [2.45, 2.75) is 13.5 Å². The number of anilines is 1. The van der Waals surface area contributed by atoms with Crippen molar-refractivity contribution in [2.75, 3.05) is 18.4 Å². The van der Waals surface area contributed by atoms with Gasteiger partial charge in [-0.3, -0.25) is 4.79 Å². The van der Waals surface area contributed by atoms with Crippen LogP contribution in [0.2, 0.25) is 15.1 Å². The maximum absolute atomic E-state index is 12.4. The Morgan fingerprint density at radius 1 is 1.07 bits per heavy atom. The van der Waals surface area contributed by atoms with Gasteiger partial charge in [0.1, 0.15) is 6.54 Å². The van der Waals surface area contributed by atoms with Crippen LogP contribution in [0.3, 0.4) is 0 Å². The zero-order valence-electron chi connectivity index (χ0n) is 14.4. The van der Waals surface area contributed by atoms with Gasteiger partial charge in [-0.05, 0) is 36.8 Å². The van der Waals surface area contributed by atoms with Crippen molar-refractivity contribution >= 4 is 68.4 Å². The van der Waals surface area contributed by atoms with Crippen molar-refractivity contribution < 1.29 is 9.59 Å². The summed E-state index contributed by atoms with van der Waals surface area (Å²) in [4.78, 5) is 26.0. The average molecular weight is 494 g/mol. The number of rotatable bonds is 6. The number of nitrogens with one attached hydrogen (secondary N) is 2. The zero-order chi connectivity index (χ0) is 20.0.